The molecule has 1 aliphatic rings. The summed E-state index contributed by atoms with van der Waals surface area (Å²) in [4.78, 5) is 33.1. The lowest BCUT2D eigenvalue weighted by molar-refractivity contribution is -0.113. The predicted octanol–water partition coefficient (Wildman–Crippen LogP) is 2.89. The van der Waals surface area contributed by atoms with Crippen molar-refractivity contribution in [1.82, 2.24) is 14.6 Å². The van der Waals surface area contributed by atoms with Crippen molar-refractivity contribution < 1.29 is 19.0 Å². The number of thiazole rings is 1. The van der Waals surface area contributed by atoms with Crippen LogP contribution in [0.25, 0.3) is 21.9 Å². The number of fused-ring (bicyclic) bond motifs is 2. The Labute approximate surface area is 206 Å². The molecule has 0 bridgehead atoms. The number of ether oxygens (including phenoxy) is 3. The monoisotopic (exact) mass is 542 g/mol. The van der Waals surface area contributed by atoms with Crippen LogP contribution < -0.4 is 29.2 Å². The van der Waals surface area contributed by atoms with Crippen LogP contribution in [-0.2, 0) is 4.79 Å². The molecule has 0 radical (unpaired) electrons. The first-order valence-electron chi connectivity index (χ1n) is 10.3. The number of aromatic nitrogens is 3. The van der Waals surface area contributed by atoms with Gasteiger partial charge >= 0.3 is 0 Å². The summed E-state index contributed by atoms with van der Waals surface area (Å²) in [6.45, 7) is 2.40. The van der Waals surface area contributed by atoms with Crippen molar-refractivity contribution in [2.24, 2.45) is 0 Å². The van der Waals surface area contributed by atoms with E-state index in [9.17, 15) is 9.59 Å². The second-order valence-corrected chi connectivity index (χ2v) is 9.26. The molecule has 0 aliphatic carbocycles. The first kappa shape index (κ1) is 22.4. The molecule has 0 saturated heterocycles. The number of nitrogens with zero attached hydrogens (tertiary/aromatic N) is 4. The highest BCUT2D eigenvalue weighted by Crippen LogP contribution is 2.41. The summed E-state index contributed by atoms with van der Waals surface area (Å²) in [5.74, 6) is 1.47. The Bertz CT molecular complexity index is 1550. The Morgan fingerprint density at radius 2 is 1.74 bits per heavy atom. The van der Waals surface area contributed by atoms with E-state index in [2.05, 4.69) is 26.0 Å². The molecular formula is C23H19BrN4O5S. The summed E-state index contributed by atoms with van der Waals surface area (Å²) in [7, 11) is 4.57. The number of carbonyl (C=O) groups is 1. The molecule has 0 fully saturated rings. The Hall–Kier alpha value is -3.44. The highest BCUT2D eigenvalue weighted by atomic mass is 79.9. The Morgan fingerprint density at radius 3 is 2.32 bits per heavy atom. The van der Waals surface area contributed by atoms with Gasteiger partial charge in [-0.15, -0.1) is 5.10 Å². The molecule has 1 amide bonds. The van der Waals surface area contributed by atoms with Crippen molar-refractivity contribution in [3.05, 3.63) is 55.3 Å². The van der Waals surface area contributed by atoms with Crippen LogP contribution in [-0.4, -0.2) is 48.4 Å². The highest BCUT2D eigenvalue weighted by molar-refractivity contribution is 9.10. The van der Waals surface area contributed by atoms with E-state index < -0.39 is 5.56 Å². The number of rotatable bonds is 5. The molecule has 174 valence electrons. The number of amides is 1. The molecule has 4 aromatic rings. The largest absolute Gasteiger partial charge is 0.493 e. The van der Waals surface area contributed by atoms with Gasteiger partial charge in [0, 0.05) is 22.1 Å². The van der Waals surface area contributed by atoms with Gasteiger partial charge in [-0.2, -0.15) is 9.50 Å². The summed E-state index contributed by atoms with van der Waals surface area (Å²) < 4.78 is 18.5. The van der Waals surface area contributed by atoms with Gasteiger partial charge in [0.15, 0.2) is 17.3 Å². The van der Waals surface area contributed by atoms with Crippen LogP contribution in [0.5, 0.6) is 17.2 Å². The minimum atomic E-state index is -0.390. The van der Waals surface area contributed by atoms with Gasteiger partial charge < -0.3 is 19.1 Å². The van der Waals surface area contributed by atoms with Crippen molar-refractivity contribution in [3.63, 3.8) is 0 Å². The molecule has 2 aromatic heterocycles. The van der Waals surface area contributed by atoms with Gasteiger partial charge in [0.05, 0.1) is 32.6 Å². The first-order chi connectivity index (χ1) is 16.4. The van der Waals surface area contributed by atoms with Gasteiger partial charge in [-0.3, -0.25) is 9.59 Å². The van der Waals surface area contributed by atoms with E-state index in [1.165, 1.54) is 25.8 Å². The molecule has 9 nitrogen and oxygen atoms in total. The van der Waals surface area contributed by atoms with E-state index in [0.717, 1.165) is 21.5 Å². The van der Waals surface area contributed by atoms with Gasteiger partial charge in [-0.25, -0.2) is 0 Å². The summed E-state index contributed by atoms with van der Waals surface area (Å²) in [5.41, 5.74) is 2.07. The lowest BCUT2D eigenvalue weighted by Gasteiger charge is -2.13. The average molecular weight is 543 g/mol. The second-order valence-electron chi connectivity index (χ2n) is 7.37. The average Bonchev–Trinajstić information content (AvgIpc) is 3.47. The quantitative estimate of drug-likeness (QED) is 0.382. The lowest BCUT2D eigenvalue weighted by atomic mass is 10.1. The smallest absolute Gasteiger partial charge is 0.291 e. The van der Waals surface area contributed by atoms with Gasteiger partial charge in [0.25, 0.3) is 11.5 Å². The molecule has 0 unspecified atom stereocenters. The van der Waals surface area contributed by atoms with Gasteiger partial charge in [-0.05, 0) is 37.3 Å². The lowest BCUT2D eigenvalue weighted by Crippen LogP contribution is -2.32. The third-order valence-corrected chi connectivity index (χ3v) is 7.12. The number of halogens is 1. The third-order valence-electron chi connectivity index (χ3n) is 5.60. The standard InChI is InChI=1S/C23H19BrN4O5S/c1-5-27-14-7-6-12(24)10-13(14)17(21(27)29)19-22(30)28-23(34-19)25-20(26-28)11-8-15(31-2)18(33-4)16(9-11)32-3/h6-10H,5H2,1-4H3/b19-17-. The number of carbonyl (C=O) groups excluding carboxylic acids is 1. The molecule has 0 saturated carbocycles. The van der Waals surface area contributed by atoms with Crippen LogP contribution in [0.4, 0.5) is 5.69 Å². The van der Waals surface area contributed by atoms with Crippen molar-refractivity contribution in [2.75, 3.05) is 32.8 Å². The van der Waals surface area contributed by atoms with Crippen LogP contribution >= 0.6 is 27.3 Å². The fraction of sp³-hybridized carbons (Fsp3) is 0.217. The second kappa shape index (κ2) is 8.41. The van der Waals surface area contributed by atoms with Crippen LogP contribution in [0.2, 0.25) is 0 Å². The van der Waals surface area contributed by atoms with Crippen molar-refractivity contribution in [3.8, 4) is 28.6 Å². The molecule has 3 heterocycles. The number of anilines is 1. The molecule has 34 heavy (non-hydrogen) atoms. The molecule has 5 rings (SSSR count). The Balaban J connectivity index is 1.70. The fourth-order valence-corrected chi connectivity index (χ4v) is 5.41. The summed E-state index contributed by atoms with van der Waals surface area (Å²) in [6, 6.07) is 9.04. The summed E-state index contributed by atoms with van der Waals surface area (Å²) >= 11 is 4.60. The zero-order valence-corrected chi connectivity index (χ0v) is 21.1. The Morgan fingerprint density at radius 1 is 1.03 bits per heavy atom. The van der Waals surface area contributed by atoms with Crippen molar-refractivity contribution in [1.29, 1.82) is 0 Å². The maximum atomic E-state index is 13.3. The van der Waals surface area contributed by atoms with Gasteiger partial charge in [-0.1, -0.05) is 27.3 Å². The van der Waals surface area contributed by atoms with Gasteiger partial charge in [0.1, 0.15) is 4.53 Å². The number of benzene rings is 2. The normalized spacial score (nSPS) is 14.6. The van der Waals surface area contributed by atoms with Crippen LogP contribution in [0.15, 0.2) is 39.6 Å². The number of methoxy groups -OCH3 is 3. The maximum Gasteiger partial charge on any atom is 0.291 e. The van der Waals surface area contributed by atoms with E-state index in [0.29, 0.717) is 55.8 Å². The molecular weight excluding hydrogens is 524 g/mol. The van der Waals surface area contributed by atoms with Crippen molar-refractivity contribution >= 4 is 49.4 Å². The minimum absolute atomic E-state index is 0.206. The molecule has 2 aromatic carbocycles. The molecule has 11 heteroatoms. The zero-order valence-electron chi connectivity index (χ0n) is 18.7. The SMILES string of the molecule is CCN1C(=O)/C(=c2\sc3nc(-c4cc(OC)c(OC)c(OC)c4)nn3c2=O)c2cc(Br)ccc21. The maximum absolute atomic E-state index is 13.3. The third kappa shape index (κ3) is 3.26. The van der Waals surface area contributed by atoms with Crippen LogP contribution in [0.3, 0.4) is 0 Å². The van der Waals surface area contributed by atoms with E-state index in [1.54, 1.807) is 17.0 Å². The number of likely N-dealkylation sites (N-methyl/N-ethyl adjacent to an activating group) is 1. The van der Waals surface area contributed by atoms with E-state index in [-0.39, 0.29) is 5.91 Å². The predicted molar refractivity (Wildman–Crippen MR) is 132 cm³/mol. The van der Waals surface area contributed by atoms with Crippen LogP contribution in [0, 0.1) is 0 Å². The summed E-state index contributed by atoms with van der Waals surface area (Å²) in [6.07, 6.45) is 0. The van der Waals surface area contributed by atoms with Gasteiger partial charge in [0.2, 0.25) is 10.7 Å². The topological polar surface area (TPSA) is 95.3 Å². The van der Waals surface area contributed by atoms with E-state index in [1.807, 2.05) is 25.1 Å². The Kier molecular flexibility index (Phi) is 5.53. The zero-order chi connectivity index (χ0) is 24.1. The summed E-state index contributed by atoms with van der Waals surface area (Å²) in [5, 5.41) is 4.42. The molecule has 0 spiro atoms. The number of hydrogen-bond acceptors (Lipinski definition) is 8. The highest BCUT2D eigenvalue weighted by Gasteiger charge is 2.33. The fourth-order valence-electron chi connectivity index (χ4n) is 4.05. The van der Waals surface area contributed by atoms with E-state index >= 15 is 0 Å². The molecule has 0 atom stereocenters. The minimum Gasteiger partial charge on any atom is -0.493 e. The first-order valence-corrected chi connectivity index (χ1v) is 11.9. The molecule has 1 aliphatic heterocycles. The van der Waals surface area contributed by atoms with E-state index in [4.69, 9.17) is 14.2 Å². The number of hydrogen-bond donors (Lipinski definition) is 0. The van der Waals surface area contributed by atoms with Crippen molar-refractivity contribution in [2.45, 2.75) is 6.92 Å². The van der Waals surface area contributed by atoms with Crippen LogP contribution in [0.1, 0.15) is 12.5 Å². The molecule has 0 N–H and O–H groups in total.